The molecule has 5 rings (SSSR count). The highest BCUT2D eigenvalue weighted by Gasteiger charge is 2.46. The summed E-state index contributed by atoms with van der Waals surface area (Å²) in [6.45, 7) is 3.29. The van der Waals surface area contributed by atoms with Crippen LogP contribution in [0.4, 0.5) is 4.39 Å². The fourth-order valence-corrected chi connectivity index (χ4v) is 6.06. The Balaban J connectivity index is 1.34. The zero-order valence-electron chi connectivity index (χ0n) is 19.3. The molecule has 0 bridgehead atoms. The van der Waals surface area contributed by atoms with E-state index in [0.717, 1.165) is 30.4 Å². The molecule has 2 amide bonds. The molecule has 3 atom stereocenters. The number of carbonyl (C=O) groups excluding carboxylic acids is 2. The molecule has 3 unspecified atom stereocenters. The normalized spacial score (nSPS) is 21.1. The number of carbonyl (C=O) groups is 2. The van der Waals surface area contributed by atoms with E-state index in [4.69, 9.17) is 0 Å². The monoisotopic (exact) mass is 476 g/mol. The van der Waals surface area contributed by atoms with Crippen LogP contribution in [0.2, 0.25) is 0 Å². The van der Waals surface area contributed by atoms with E-state index in [0.29, 0.717) is 13.1 Å². The SMILES string of the molecule is CCCN(CC(=O)N1CCc2sccc2C1c1ccc(F)cc1)C(=O)C1CC1c1ccccc1. The van der Waals surface area contributed by atoms with Gasteiger partial charge < -0.3 is 9.80 Å². The van der Waals surface area contributed by atoms with Crippen LogP contribution in [-0.2, 0) is 16.0 Å². The van der Waals surface area contributed by atoms with Gasteiger partial charge in [0.1, 0.15) is 5.82 Å². The van der Waals surface area contributed by atoms with Crippen LogP contribution in [0.25, 0.3) is 0 Å². The first-order valence-corrected chi connectivity index (χ1v) is 12.9. The topological polar surface area (TPSA) is 40.6 Å². The van der Waals surface area contributed by atoms with Crippen molar-refractivity contribution in [1.29, 1.82) is 0 Å². The number of halogens is 1. The lowest BCUT2D eigenvalue weighted by molar-refractivity contribution is -0.142. The van der Waals surface area contributed by atoms with Gasteiger partial charge in [-0.2, -0.15) is 0 Å². The molecule has 1 fully saturated rings. The third-order valence-electron chi connectivity index (χ3n) is 6.94. The lowest BCUT2D eigenvalue weighted by atomic mass is 9.93. The number of benzene rings is 2. The molecule has 1 aliphatic heterocycles. The van der Waals surface area contributed by atoms with E-state index in [2.05, 4.69) is 23.6 Å². The Morgan fingerprint density at radius 1 is 1.06 bits per heavy atom. The quantitative estimate of drug-likeness (QED) is 0.458. The Labute approximate surface area is 204 Å². The van der Waals surface area contributed by atoms with Gasteiger partial charge in [-0.05, 0) is 65.4 Å². The number of nitrogens with zero attached hydrogens (tertiary/aromatic N) is 2. The van der Waals surface area contributed by atoms with Crippen LogP contribution in [0, 0.1) is 11.7 Å². The van der Waals surface area contributed by atoms with Gasteiger partial charge in [0.15, 0.2) is 0 Å². The number of hydrogen-bond donors (Lipinski definition) is 0. The van der Waals surface area contributed by atoms with Gasteiger partial charge in [-0.15, -0.1) is 11.3 Å². The molecule has 1 saturated carbocycles. The Hall–Kier alpha value is -2.99. The first-order chi connectivity index (χ1) is 16.6. The Bertz CT molecular complexity index is 1160. The summed E-state index contributed by atoms with van der Waals surface area (Å²) in [4.78, 5) is 31.9. The number of hydrogen-bond acceptors (Lipinski definition) is 3. The minimum absolute atomic E-state index is 0.0422. The number of rotatable bonds is 7. The van der Waals surface area contributed by atoms with Crippen molar-refractivity contribution >= 4 is 23.2 Å². The second-order valence-electron chi connectivity index (χ2n) is 9.21. The van der Waals surface area contributed by atoms with Crippen molar-refractivity contribution in [1.82, 2.24) is 9.80 Å². The molecule has 0 saturated heterocycles. The maximum absolute atomic E-state index is 13.6. The highest BCUT2D eigenvalue weighted by atomic mass is 32.1. The van der Waals surface area contributed by atoms with Gasteiger partial charge in [-0.1, -0.05) is 49.4 Å². The molecule has 176 valence electrons. The van der Waals surface area contributed by atoms with E-state index in [9.17, 15) is 14.0 Å². The van der Waals surface area contributed by atoms with Crippen molar-refractivity contribution in [2.75, 3.05) is 19.6 Å². The molecule has 34 heavy (non-hydrogen) atoms. The van der Waals surface area contributed by atoms with E-state index < -0.39 is 0 Å². The second-order valence-corrected chi connectivity index (χ2v) is 10.2. The lowest BCUT2D eigenvalue weighted by Gasteiger charge is -2.37. The maximum atomic E-state index is 13.6. The minimum Gasteiger partial charge on any atom is -0.333 e. The molecule has 0 spiro atoms. The summed E-state index contributed by atoms with van der Waals surface area (Å²) in [7, 11) is 0. The predicted molar refractivity (Wildman–Crippen MR) is 132 cm³/mol. The predicted octanol–water partition coefficient (Wildman–Crippen LogP) is 5.40. The minimum atomic E-state index is -0.292. The molecule has 2 aromatic carbocycles. The van der Waals surface area contributed by atoms with Crippen LogP contribution in [-0.4, -0.2) is 41.2 Å². The fraction of sp³-hybridized carbons (Fsp3) is 0.357. The van der Waals surface area contributed by atoms with Gasteiger partial charge in [-0.25, -0.2) is 4.39 Å². The summed E-state index contributed by atoms with van der Waals surface area (Å²) in [6.07, 6.45) is 2.45. The molecular weight excluding hydrogens is 447 g/mol. The highest BCUT2D eigenvalue weighted by Crippen LogP contribution is 2.48. The summed E-state index contributed by atoms with van der Waals surface area (Å²) in [5, 5.41) is 2.05. The summed E-state index contributed by atoms with van der Waals surface area (Å²) in [5.41, 5.74) is 3.20. The van der Waals surface area contributed by atoms with E-state index in [-0.39, 0.29) is 42.1 Å². The zero-order valence-corrected chi connectivity index (χ0v) is 20.1. The van der Waals surface area contributed by atoms with E-state index >= 15 is 0 Å². The van der Waals surface area contributed by atoms with Crippen molar-refractivity contribution in [3.05, 3.63) is 93.4 Å². The van der Waals surface area contributed by atoms with Crippen LogP contribution in [0.1, 0.15) is 53.3 Å². The molecule has 2 aliphatic rings. The first kappa shape index (κ1) is 22.8. The van der Waals surface area contributed by atoms with Crippen molar-refractivity contribution in [3.63, 3.8) is 0 Å². The number of fused-ring (bicyclic) bond motifs is 1. The Morgan fingerprint density at radius 3 is 2.56 bits per heavy atom. The molecule has 2 heterocycles. The van der Waals surface area contributed by atoms with Crippen LogP contribution >= 0.6 is 11.3 Å². The van der Waals surface area contributed by atoms with E-state index in [1.54, 1.807) is 28.4 Å². The van der Waals surface area contributed by atoms with Crippen LogP contribution in [0.15, 0.2) is 66.0 Å². The van der Waals surface area contributed by atoms with Crippen LogP contribution < -0.4 is 0 Å². The van der Waals surface area contributed by atoms with Crippen molar-refractivity contribution in [2.24, 2.45) is 5.92 Å². The van der Waals surface area contributed by atoms with Crippen molar-refractivity contribution in [3.8, 4) is 0 Å². The van der Waals surface area contributed by atoms with E-state index in [1.165, 1.54) is 22.6 Å². The van der Waals surface area contributed by atoms with Gasteiger partial charge in [-0.3, -0.25) is 9.59 Å². The van der Waals surface area contributed by atoms with Crippen molar-refractivity contribution in [2.45, 2.75) is 38.1 Å². The maximum Gasteiger partial charge on any atom is 0.242 e. The van der Waals surface area contributed by atoms with Crippen LogP contribution in [0.5, 0.6) is 0 Å². The summed E-state index contributed by atoms with van der Waals surface area (Å²) in [6, 6.07) is 18.4. The standard InChI is InChI=1S/C28H29FN2O2S/c1-2-14-30(28(33)24-17-23(24)19-6-4-3-5-7-19)18-26(32)31-15-12-25-22(13-16-34-25)27(31)20-8-10-21(29)11-9-20/h3-11,13,16,23-24,27H,2,12,14-15,17-18H2,1H3. The van der Waals surface area contributed by atoms with E-state index in [1.807, 2.05) is 30.0 Å². The molecule has 4 nitrogen and oxygen atoms in total. The first-order valence-electron chi connectivity index (χ1n) is 12.0. The molecule has 1 aliphatic carbocycles. The average molecular weight is 477 g/mol. The smallest absolute Gasteiger partial charge is 0.242 e. The van der Waals surface area contributed by atoms with Gasteiger partial charge in [0, 0.05) is 23.9 Å². The molecule has 0 radical (unpaired) electrons. The summed E-state index contributed by atoms with van der Waals surface area (Å²) in [5.74, 6) is -0.0569. The molecule has 3 aromatic rings. The fourth-order valence-electron chi connectivity index (χ4n) is 5.15. The third kappa shape index (κ3) is 4.51. The Kier molecular flexibility index (Phi) is 6.50. The molecule has 1 aromatic heterocycles. The largest absolute Gasteiger partial charge is 0.333 e. The Morgan fingerprint density at radius 2 is 1.82 bits per heavy atom. The molecule has 0 N–H and O–H groups in total. The zero-order chi connectivity index (χ0) is 23.7. The average Bonchev–Trinajstić information content (AvgIpc) is 3.52. The lowest BCUT2D eigenvalue weighted by Crippen LogP contribution is -2.47. The van der Waals surface area contributed by atoms with Crippen molar-refractivity contribution < 1.29 is 14.0 Å². The van der Waals surface area contributed by atoms with Gasteiger partial charge in [0.2, 0.25) is 11.8 Å². The molecular formula is C28H29FN2O2S. The highest BCUT2D eigenvalue weighted by molar-refractivity contribution is 7.10. The molecule has 6 heteroatoms. The van der Waals surface area contributed by atoms with Crippen LogP contribution in [0.3, 0.4) is 0 Å². The third-order valence-corrected chi connectivity index (χ3v) is 7.94. The number of amides is 2. The van der Waals surface area contributed by atoms with Gasteiger partial charge >= 0.3 is 0 Å². The summed E-state index contributed by atoms with van der Waals surface area (Å²) >= 11 is 1.70. The number of thiophene rings is 1. The summed E-state index contributed by atoms with van der Waals surface area (Å²) < 4.78 is 13.6. The second kappa shape index (κ2) is 9.71. The van der Waals surface area contributed by atoms with Gasteiger partial charge in [0.25, 0.3) is 0 Å². The van der Waals surface area contributed by atoms with Gasteiger partial charge in [0.05, 0.1) is 12.6 Å².